The number of benzene rings is 2. The molecule has 0 aliphatic carbocycles. The normalized spacial score (nSPS) is 12.0. The Bertz CT molecular complexity index is 713. The van der Waals surface area contributed by atoms with E-state index >= 15 is 0 Å². The molecule has 2 aromatic rings. The second-order valence-electron chi connectivity index (χ2n) is 4.98. The molecule has 6 heteroatoms. The summed E-state index contributed by atoms with van der Waals surface area (Å²) in [5.74, 6) is -1.30. The molecule has 0 aromatic heterocycles. The quantitative estimate of drug-likeness (QED) is 0.869. The summed E-state index contributed by atoms with van der Waals surface area (Å²) >= 11 is 0. The molecule has 0 spiro atoms. The summed E-state index contributed by atoms with van der Waals surface area (Å²) < 4.78 is 41.9. The maximum absolute atomic E-state index is 13.6. The molecule has 23 heavy (non-hydrogen) atoms. The van der Waals surface area contributed by atoms with E-state index in [0.29, 0.717) is 17.7 Å². The minimum absolute atomic E-state index is 0.0525. The molecule has 1 atom stereocenters. The monoisotopic (exact) mass is 320 g/mol. The molecule has 0 heterocycles. The third kappa shape index (κ3) is 4.73. The van der Waals surface area contributed by atoms with Gasteiger partial charge in [0.25, 0.3) is 0 Å². The van der Waals surface area contributed by atoms with Gasteiger partial charge >= 0.3 is 6.61 Å². The van der Waals surface area contributed by atoms with Gasteiger partial charge in [-0.1, -0.05) is 18.2 Å². The van der Waals surface area contributed by atoms with Gasteiger partial charge in [-0.2, -0.15) is 14.0 Å². The van der Waals surface area contributed by atoms with Crippen LogP contribution in [0.2, 0.25) is 0 Å². The first-order valence-electron chi connectivity index (χ1n) is 6.96. The third-order valence-electron chi connectivity index (χ3n) is 3.34. The maximum Gasteiger partial charge on any atom is 0.387 e. The number of hydrogen-bond acceptors (Lipinski definition) is 3. The van der Waals surface area contributed by atoms with E-state index in [2.05, 4.69) is 16.1 Å². The fourth-order valence-corrected chi connectivity index (χ4v) is 2.11. The van der Waals surface area contributed by atoms with Crippen molar-refractivity contribution in [1.29, 1.82) is 5.26 Å². The molecule has 0 unspecified atom stereocenters. The number of halogens is 3. The predicted octanol–water partition coefficient (Wildman–Crippen LogP) is 4.15. The first-order chi connectivity index (χ1) is 11.0. The number of nitriles is 1. The summed E-state index contributed by atoms with van der Waals surface area (Å²) in [6.07, 6.45) is 0. The summed E-state index contributed by atoms with van der Waals surface area (Å²) in [6, 6.07) is 13.0. The van der Waals surface area contributed by atoms with Crippen LogP contribution in [0.3, 0.4) is 0 Å². The first kappa shape index (κ1) is 16.8. The van der Waals surface area contributed by atoms with Crippen LogP contribution in [-0.2, 0) is 6.54 Å². The first-order valence-corrected chi connectivity index (χ1v) is 6.96. The number of rotatable bonds is 6. The van der Waals surface area contributed by atoms with Gasteiger partial charge in [-0.25, -0.2) is 4.39 Å². The number of alkyl halides is 2. The summed E-state index contributed by atoms with van der Waals surface area (Å²) in [5, 5.41) is 12.1. The third-order valence-corrected chi connectivity index (χ3v) is 3.34. The van der Waals surface area contributed by atoms with Crippen LogP contribution in [0, 0.1) is 17.1 Å². The van der Waals surface area contributed by atoms with Gasteiger partial charge in [0.15, 0.2) is 11.6 Å². The Morgan fingerprint density at radius 1 is 1.22 bits per heavy atom. The Kier molecular flexibility index (Phi) is 5.61. The lowest BCUT2D eigenvalue weighted by Crippen LogP contribution is -2.18. The Hall–Kier alpha value is -2.52. The molecule has 0 amide bonds. The van der Waals surface area contributed by atoms with Gasteiger partial charge in [-0.05, 0) is 42.3 Å². The molecular weight excluding hydrogens is 305 g/mol. The van der Waals surface area contributed by atoms with Crippen molar-refractivity contribution in [2.24, 2.45) is 0 Å². The molecule has 0 bridgehead atoms. The summed E-state index contributed by atoms with van der Waals surface area (Å²) in [6.45, 7) is -0.786. The highest BCUT2D eigenvalue weighted by molar-refractivity contribution is 5.34. The van der Waals surface area contributed by atoms with Crippen LogP contribution >= 0.6 is 0 Å². The SMILES string of the molecule is C[C@@H](NCc1ccc(OC(F)F)c(F)c1)c1cccc(C#N)c1. The molecule has 0 saturated heterocycles. The fourth-order valence-electron chi connectivity index (χ4n) is 2.11. The zero-order valence-electron chi connectivity index (χ0n) is 12.4. The molecular formula is C17H15F3N2O. The lowest BCUT2D eigenvalue weighted by Gasteiger charge is -2.15. The Balaban J connectivity index is 2.00. The van der Waals surface area contributed by atoms with E-state index in [1.165, 1.54) is 12.1 Å². The zero-order valence-corrected chi connectivity index (χ0v) is 12.4. The van der Waals surface area contributed by atoms with E-state index in [1.54, 1.807) is 18.2 Å². The van der Waals surface area contributed by atoms with E-state index in [4.69, 9.17) is 5.26 Å². The molecule has 0 fully saturated rings. The fraction of sp³-hybridized carbons (Fsp3) is 0.235. The van der Waals surface area contributed by atoms with Crippen LogP contribution in [0.25, 0.3) is 0 Å². The van der Waals surface area contributed by atoms with Crippen molar-refractivity contribution in [3.05, 3.63) is 65.0 Å². The Morgan fingerprint density at radius 3 is 2.65 bits per heavy atom. The lowest BCUT2D eigenvalue weighted by molar-refractivity contribution is -0.0522. The number of nitrogens with zero attached hydrogens (tertiary/aromatic N) is 1. The standard InChI is InChI=1S/C17H15F3N2O/c1-11(14-4-2-3-12(7-14)9-21)22-10-13-5-6-16(15(18)8-13)23-17(19)20/h2-8,11,17,22H,10H2,1H3/t11-/m1/s1. The van der Waals surface area contributed by atoms with Crippen molar-refractivity contribution in [3.8, 4) is 11.8 Å². The molecule has 0 radical (unpaired) electrons. The minimum Gasteiger partial charge on any atom is -0.432 e. The molecule has 1 N–H and O–H groups in total. The van der Waals surface area contributed by atoms with E-state index in [1.807, 2.05) is 13.0 Å². The van der Waals surface area contributed by atoms with Crippen molar-refractivity contribution in [2.75, 3.05) is 0 Å². The summed E-state index contributed by atoms with van der Waals surface area (Å²) in [5.41, 5.74) is 2.10. The van der Waals surface area contributed by atoms with Crippen LogP contribution in [0.5, 0.6) is 5.75 Å². The molecule has 0 aliphatic heterocycles. The highest BCUT2D eigenvalue weighted by Crippen LogP contribution is 2.21. The van der Waals surface area contributed by atoms with Gasteiger partial charge in [0, 0.05) is 12.6 Å². The molecule has 0 saturated carbocycles. The van der Waals surface area contributed by atoms with E-state index in [-0.39, 0.29) is 6.04 Å². The highest BCUT2D eigenvalue weighted by Gasteiger charge is 2.11. The largest absolute Gasteiger partial charge is 0.432 e. The van der Waals surface area contributed by atoms with Crippen LogP contribution in [0.4, 0.5) is 13.2 Å². The zero-order chi connectivity index (χ0) is 16.8. The van der Waals surface area contributed by atoms with Crippen molar-refractivity contribution < 1.29 is 17.9 Å². The number of ether oxygens (including phenoxy) is 1. The second kappa shape index (κ2) is 7.65. The smallest absolute Gasteiger partial charge is 0.387 e. The summed E-state index contributed by atoms with van der Waals surface area (Å²) in [4.78, 5) is 0. The van der Waals surface area contributed by atoms with Crippen molar-refractivity contribution in [3.63, 3.8) is 0 Å². The van der Waals surface area contributed by atoms with Gasteiger partial charge in [0.2, 0.25) is 0 Å². The van der Waals surface area contributed by atoms with Gasteiger partial charge in [-0.15, -0.1) is 0 Å². The summed E-state index contributed by atoms with van der Waals surface area (Å²) in [7, 11) is 0. The van der Waals surface area contributed by atoms with Crippen molar-refractivity contribution in [1.82, 2.24) is 5.32 Å². The number of hydrogen-bond donors (Lipinski definition) is 1. The minimum atomic E-state index is -3.05. The van der Waals surface area contributed by atoms with Crippen LogP contribution in [-0.4, -0.2) is 6.61 Å². The Labute approximate surface area is 132 Å². The van der Waals surface area contributed by atoms with Gasteiger partial charge in [-0.3, -0.25) is 0 Å². The second-order valence-corrected chi connectivity index (χ2v) is 4.98. The lowest BCUT2D eigenvalue weighted by atomic mass is 10.1. The molecule has 3 nitrogen and oxygen atoms in total. The van der Waals surface area contributed by atoms with E-state index < -0.39 is 18.2 Å². The highest BCUT2D eigenvalue weighted by atomic mass is 19.3. The van der Waals surface area contributed by atoms with Crippen molar-refractivity contribution >= 4 is 0 Å². The Morgan fingerprint density at radius 2 is 2.00 bits per heavy atom. The maximum atomic E-state index is 13.6. The van der Waals surface area contributed by atoms with Crippen molar-refractivity contribution in [2.45, 2.75) is 26.1 Å². The van der Waals surface area contributed by atoms with Gasteiger partial charge in [0.05, 0.1) is 11.6 Å². The van der Waals surface area contributed by atoms with E-state index in [0.717, 1.165) is 11.6 Å². The molecule has 0 aliphatic rings. The topological polar surface area (TPSA) is 45.0 Å². The van der Waals surface area contributed by atoms with Gasteiger partial charge in [0.1, 0.15) is 0 Å². The van der Waals surface area contributed by atoms with Crippen LogP contribution in [0.1, 0.15) is 29.7 Å². The van der Waals surface area contributed by atoms with Crippen LogP contribution in [0.15, 0.2) is 42.5 Å². The molecule has 120 valence electrons. The van der Waals surface area contributed by atoms with Gasteiger partial charge < -0.3 is 10.1 Å². The average molecular weight is 320 g/mol. The van der Waals surface area contributed by atoms with Crippen LogP contribution < -0.4 is 10.1 Å². The average Bonchev–Trinajstić information content (AvgIpc) is 2.54. The molecule has 2 rings (SSSR count). The predicted molar refractivity (Wildman–Crippen MR) is 79.4 cm³/mol. The van der Waals surface area contributed by atoms with E-state index in [9.17, 15) is 13.2 Å². The molecule has 2 aromatic carbocycles. The number of nitrogens with one attached hydrogen (secondary N) is 1.